The van der Waals surface area contributed by atoms with Gasteiger partial charge < -0.3 is 27.7 Å². The summed E-state index contributed by atoms with van der Waals surface area (Å²) in [7, 11) is -1.92. The third-order valence-corrected chi connectivity index (χ3v) is 11.6. The minimum Gasteiger partial charge on any atom is -0.560 e. The molecule has 3 aromatic heterocycles. The van der Waals surface area contributed by atoms with Gasteiger partial charge in [-0.05, 0) is 54.1 Å². The Balaban J connectivity index is 1.34. The molecule has 1 aliphatic rings. The van der Waals surface area contributed by atoms with E-state index >= 15 is 0 Å². The van der Waals surface area contributed by atoms with Gasteiger partial charge in [0.1, 0.15) is 17.8 Å². The highest BCUT2D eigenvalue weighted by molar-refractivity contribution is 6.74. The van der Waals surface area contributed by atoms with Crippen molar-refractivity contribution in [1.29, 1.82) is 0 Å². The zero-order valence-electron chi connectivity index (χ0n) is 23.8. The van der Waals surface area contributed by atoms with E-state index < -0.39 is 13.9 Å². The summed E-state index contributed by atoms with van der Waals surface area (Å²) in [6.45, 7) is 18.5. The van der Waals surface area contributed by atoms with E-state index in [-0.39, 0.29) is 29.7 Å². The molecule has 0 aliphatic carbocycles. The average Bonchev–Trinajstić information content (AvgIpc) is 3.47. The normalized spacial score (nSPS) is 15.8. The maximum absolute atomic E-state index is 12.3. The number of likely N-dealkylation sites (tertiary alicyclic amines) is 1. The summed E-state index contributed by atoms with van der Waals surface area (Å²) in [5.41, 5.74) is 1.01. The number of amides is 1. The van der Waals surface area contributed by atoms with Gasteiger partial charge in [-0.3, -0.25) is 4.98 Å². The van der Waals surface area contributed by atoms with E-state index in [4.69, 9.17) is 22.8 Å². The topological polar surface area (TPSA) is 113 Å². The van der Waals surface area contributed by atoms with Crippen molar-refractivity contribution in [2.45, 2.75) is 97.4 Å². The van der Waals surface area contributed by atoms with Crippen LogP contribution in [0.1, 0.15) is 65.9 Å². The summed E-state index contributed by atoms with van der Waals surface area (Å²) in [6, 6.07) is 3.69. The molecule has 0 radical (unpaired) electrons. The number of hydrogen-bond donors (Lipinski definition) is 0. The molecule has 1 saturated heterocycles. The first-order valence-electron chi connectivity index (χ1n) is 13.2. The van der Waals surface area contributed by atoms with Gasteiger partial charge in [-0.15, -0.1) is 18.1 Å². The smallest absolute Gasteiger partial charge is 0.410 e. The maximum Gasteiger partial charge on any atom is 0.410 e. The number of carbonyl (C=O) groups is 1. The van der Waals surface area contributed by atoms with Gasteiger partial charge in [0, 0.05) is 31.3 Å². The number of furan rings is 1. The molecular weight excluding hydrogens is 504 g/mol. The van der Waals surface area contributed by atoms with Crippen molar-refractivity contribution in [1.82, 2.24) is 20.0 Å². The molecule has 4 rings (SSSR count). The molecule has 38 heavy (non-hydrogen) atoms. The first-order valence-corrected chi connectivity index (χ1v) is 16.1. The van der Waals surface area contributed by atoms with Gasteiger partial charge in [0.15, 0.2) is 11.6 Å². The molecule has 0 spiro atoms. The van der Waals surface area contributed by atoms with Crippen LogP contribution in [-0.4, -0.2) is 59.2 Å². The van der Waals surface area contributed by atoms with E-state index in [0.717, 1.165) is 23.9 Å². The number of rotatable bonds is 7. The lowest BCUT2D eigenvalue weighted by Crippen LogP contribution is -2.43. The highest BCUT2D eigenvalue weighted by atomic mass is 28.4. The van der Waals surface area contributed by atoms with Crippen molar-refractivity contribution in [2.75, 3.05) is 13.1 Å². The number of piperidine rings is 1. The Hall–Kier alpha value is -2.76. The Bertz CT molecular complexity index is 1250. The summed E-state index contributed by atoms with van der Waals surface area (Å²) in [5.74, 6) is 1.21. The summed E-state index contributed by atoms with van der Waals surface area (Å²) >= 11 is 0. The van der Waals surface area contributed by atoms with Gasteiger partial charge in [-0.2, -0.15) is 4.98 Å². The Morgan fingerprint density at radius 2 is 1.84 bits per heavy atom. The number of pyridine rings is 1. The van der Waals surface area contributed by atoms with Crippen molar-refractivity contribution in [3.63, 3.8) is 0 Å². The standard InChI is InChI=1S/C27H40N4O6Si/c1-26(2,3)36-25(32)31-13-10-18(11-14-31)33-17-23-29-24(37-30-23)22-15-19-20(28-12-9-21(19)35-22)16-34-38(7,8)27(4,5)6/h9,12,15,18H,10-11,13-14,16-17H2,1-8H3/q-1. The SMILES string of the molecule is CC(C)(C)OC(=O)N1CCC(OCc2noc(-c3cc4c(CO[Si-](C)(C)C(C)(C)C)nccc4o3)n2)CC1. The van der Waals surface area contributed by atoms with E-state index in [0.29, 0.717) is 36.9 Å². The molecule has 209 valence electrons. The van der Waals surface area contributed by atoms with Crippen molar-refractivity contribution >= 4 is 25.4 Å². The van der Waals surface area contributed by atoms with Crippen molar-refractivity contribution in [3.8, 4) is 11.7 Å². The van der Waals surface area contributed by atoms with Gasteiger partial charge >= 0.3 is 6.09 Å². The minimum atomic E-state index is -1.92. The molecule has 1 amide bonds. The summed E-state index contributed by atoms with van der Waals surface area (Å²) in [4.78, 5) is 23.0. The zero-order chi connectivity index (χ0) is 27.7. The third-order valence-electron chi connectivity index (χ3n) is 7.12. The van der Waals surface area contributed by atoms with Gasteiger partial charge in [0.05, 0.1) is 11.8 Å². The molecule has 0 N–H and O–H groups in total. The average molecular weight is 545 g/mol. The van der Waals surface area contributed by atoms with Crippen LogP contribution in [0.4, 0.5) is 4.79 Å². The molecule has 1 aliphatic heterocycles. The summed E-state index contributed by atoms with van der Waals surface area (Å²) in [5, 5.41) is 5.04. The van der Waals surface area contributed by atoms with Crippen molar-refractivity contribution < 1.29 is 27.6 Å². The molecule has 11 heteroatoms. The van der Waals surface area contributed by atoms with Crippen LogP contribution in [0.2, 0.25) is 18.1 Å². The number of fused-ring (bicyclic) bond motifs is 1. The summed E-state index contributed by atoms with van der Waals surface area (Å²) in [6.07, 6.45) is 2.90. The van der Waals surface area contributed by atoms with E-state index in [1.807, 2.05) is 32.9 Å². The van der Waals surface area contributed by atoms with Crippen LogP contribution in [0, 0.1) is 0 Å². The fourth-order valence-corrected chi connectivity index (χ4v) is 4.77. The first-order chi connectivity index (χ1) is 17.7. The van der Waals surface area contributed by atoms with E-state index in [9.17, 15) is 4.79 Å². The van der Waals surface area contributed by atoms with Crippen LogP contribution < -0.4 is 0 Å². The first kappa shape index (κ1) is 28.3. The number of ether oxygens (including phenoxy) is 2. The Morgan fingerprint density at radius 1 is 1.13 bits per heavy atom. The molecular formula is C27H40N4O6Si-. The second-order valence-electron chi connectivity index (χ2n) is 12.3. The predicted octanol–water partition coefficient (Wildman–Crippen LogP) is 6.32. The second kappa shape index (κ2) is 10.8. The lowest BCUT2D eigenvalue weighted by molar-refractivity contribution is -0.0190. The lowest BCUT2D eigenvalue weighted by Gasteiger charge is -2.48. The number of aromatic nitrogens is 3. The maximum atomic E-state index is 12.3. The van der Waals surface area contributed by atoms with Crippen LogP contribution in [0.5, 0.6) is 0 Å². The van der Waals surface area contributed by atoms with Crippen LogP contribution in [0.25, 0.3) is 22.6 Å². The van der Waals surface area contributed by atoms with Crippen LogP contribution >= 0.6 is 0 Å². The van der Waals surface area contributed by atoms with Gasteiger partial charge in [0.2, 0.25) is 0 Å². The highest BCUT2D eigenvalue weighted by Crippen LogP contribution is 2.37. The number of carbonyl (C=O) groups excluding carboxylic acids is 1. The van der Waals surface area contributed by atoms with Crippen LogP contribution in [0.3, 0.4) is 0 Å². The zero-order valence-corrected chi connectivity index (χ0v) is 24.8. The van der Waals surface area contributed by atoms with Crippen LogP contribution in [-0.2, 0) is 27.1 Å². The third kappa shape index (κ3) is 6.81. The van der Waals surface area contributed by atoms with E-state index in [1.165, 1.54) is 0 Å². The Kier molecular flexibility index (Phi) is 8.01. The molecule has 0 unspecified atom stereocenters. The second-order valence-corrected chi connectivity index (χ2v) is 17.1. The monoisotopic (exact) mass is 544 g/mol. The minimum absolute atomic E-state index is 0.0105. The molecule has 10 nitrogen and oxygen atoms in total. The fourth-order valence-electron chi connectivity index (χ4n) is 3.84. The molecule has 0 aromatic carbocycles. The predicted molar refractivity (Wildman–Crippen MR) is 145 cm³/mol. The van der Waals surface area contributed by atoms with Crippen molar-refractivity contribution in [3.05, 3.63) is 29.8 Å². The Labute approximate surface area is 225 Å². The lowest BCUT2D eigenvalue weighted by atomic mass is 10.1. The van der Waals surface area contributed by atoms with E-state index in [2.05, 4.69) is 49.0 Å². The molecule has 0 atom stereocenters. The van der Waals surface area contributed by atoms with Gasteiger partial charge in [-0.1, -0.05) is 25.9 Å². The number of hydrogen-bond acceptors (Lipinski definition) is 9. The highest BCUT2D eigenvalue weighted by Gasteiger charge is 2.28. The molecule has 1 fully saturated rings. The quantitative estimate of drug-likeness (QED) is 0.315. The van der Waals surface area contributed by atoms with E-state index in [1.54, 1.807) is 11.1 Å². The fraction of sp³-hybridized carbons (Fsp3) is 0.630. The largest absolute Gasteiger partial charge is 0.560 e. The number of nitrogens with zero attached hydrogens (tertiary/aromatic N) is 4. The van der Waals surface area contributed by atoms with Gasteiger partial charge in [0.25, 0.3) is 5.89 Å². The van der Waals surface area contributed by atoms with Crippen LogP contribution in [0.15, 0.2) is 27.3 Å². The Morgan fingerprint density at radius 3 is 2.50 bits per heavy atom. The molecule has 0 bridgehead atoms. The van der Waals surface area contributed by atoms with Gasteiger partial charge in [-0.25, -0.2) is 4.79 Å². The summed E-state index contributed by atoms with van der Waals surface area (Å²) < 4.78 is 29.3. The molecule has 0 saturated carbocycles. The molecule has 3 aromatic rings. The van der Waals surface area contributed by atoms with Crippen molar-refractivity contribution in [2.24, 2.45) is 0 Å². The molecule has 4 heterocycles.